The Balaban J connectivity index is 2.72. The molecule has 0 aromatic carbocycles. The molecule has 0 aliphatic rings. The van der Waals surface area contributed by atoms with E-state index in [0.29, 0.717) is 5.69 Å². The van der Waals surface area contributed by atoms with E-state index >= 15 is 0 Å². The molecule has 19 heavy (non-hydrogen) atoms. The van der Waals surface area contributed by atoms with Gasteiger partial charge in [0.2, 0.25) is 0 Å². The molecule has 1 unspecified atom stereocenters. The Hall–Kier alpha value is -1.56. The van der Waals surface area contributed by atoms with E-state index in [1.807, 2.05) is 6.92 Å². The van der Waals surface area contributed by atoms with Gasteiger partial charge in [-0.05, 0) is 31.7 Å². The molecule has 1 rings (SSSR count). The van der Waals surface area contributed by atoms with Crippen molar-refractivity contribution in [1.82, 2.24) is 10.3 Å². The van der Waals surface area contributed by atoms with Crippen LogP contribution < -0.4 is 5.32 Å². The lowest BCUT2D eigenvalue weighted by molar-refractivity contribution is 0.0694. The Labute approximate surface area is 116 Å². The summed E-state index contributed by atoms with van der Waals surface area (Å²) in [5.74, 6) is 0.535. The van der Waals surface area contributed by atoms with Crippen LogP contribution in [0.5, 0.6) is 0 Å². The van der Waals surface area contributed by atoms with E-state index in [0.717, 1.165) is 11.5 Å². The number of carboxylic acids is 1. The predicted octanol–water partition coefficient (Wildman–Crippen LogP) is 1.96. The van der Waals surface area contributed by atoms with Crippen molar-refractivity contribution < 1.29 is 14.7 Å². The Morgan fingerprint density at radius 2 is 2.16 bits per heavy atom. The molecule has 5 nitrogen and oxygen atoms in total. The smallest absolute Gasteiger partial charge is 0.337 e. The molecule has 1 amide bonds. The molecule has 1 atom stereocenters. The number of nitrogens with zero attached hydrogens (tertiary/aromatic N) is 1. The average Bonchev–Trinajstić information content (AvgIpc) is 2.35. The molecular formula is C13H18N2O3S. The number of nitrogens with one attached hydrogen (secondary N) is 1. The van der Waals surface area contributed by atoms with Crippen molar-refractivity contribution in [2.24, 2.45) is 0 Å². The summed E-state index contributed by atoms with van der Waals surface area (Å²) in [5.41, 5.74) is 0.706. The summed E-state index contributed by atoms with van der Waals surface area (Å²) in [6.45, 7) is 5.57. The number of pyridine rings is 1. The van der Waals surface area contributed by atoms with Crippen LogP contribution in [0.3, 0.4) is 0 Å². The van der Waals surface area contributed by atoms with Gasteiger partial charge in [-0.1, -0.05) is 6.92 Å². The van der Waals surface area contributed by atoms with E-state index in [1.165, 1.54) is 12.1 Å². The van der Waals surface area contributed by atoms with Gasteiger partial charge in [0.1, 0.15) is 5.69 Å². The molecule has 104 valence electrons. The summed E-state index contributed by atoms with van der Waals surface area (Å²) in [4.78, 5) is 26.8. The molecule has 6 heteroatoms. The van der Waals surface area contributed by atoms with Crippen LogP contribution in [-0.4, -0.2) is 39.5 Å². The summed E-state index contributed by atoms with van der Waals surface area (Å²) in [7, 11) is 0. The zero-order valence-corrected chi connectivity index (χ0v) is 12.1. The molecule has 0 aliphatic heterocycles. The normalized spacial score (nSPS) is 11.9. The zero-order chi connectivity index (χ0) is 14.4. The van der Waals surface area contributed by atoms with Gasteiger partial charge >= 0.3 is 5.97 Å². The third kappa shape index (κ3) is 4.55. The SMILES string of the molecule is CCSCC(C)NC(=O)c1ccc(C(=O)O)c(C)n1. The number of carbonyl (C=O) groups is 2. The fourth-order valence-corrected chi connectivity index (χ4v) is 2.22. The van der Waals surface area contributed by atoms with E-state index in [9.17, 15) is 9.59 Å². The van der Waals surface area contributed by atoms with E-state index in [2.05, 4.69) is 17.2 Å². The number of amides is 1. The average molecular weight is 282 g/mol. The lowest BCUT2D eigenvalue weighted by Crippen LogP contribution is -2.35. The molecule has 0 spiro atoms. The summed E-state index contributed by atoms with van der Waals surface area (Å²) in [6, 6.07) is 2.90. The van der Waals surface area contributed by atoms with Crippen molar-refractivity contribution in [3.63, 3.8) is 0 Å². The van der Waals surface area contributed by atoms with E-state index < -0.39 is 5.97 Å². The highest BCUT2D eigenvalue weighted by atomic mass is 32.2. The van der Waals surface area contributed by atoms with Gasteiger partial charge in [-0.15, -0.1) is 0 Å². The number of aromatic nitrogens is 1. The topological polar surface area (TPSA) is 79.3 Å². The Morgan fingerprint density at radius 3 is 2.68 bits per heavy atom. The molecule has 1 aromatic heterocycles. The lowest BCUT2D eigenvalue weighted by atomic mass is 10.2. The first-order chi connectivity index (χ1) is 8.95. The number of hydrogen-bond donors (Lipinski definition) is 2. The van der Waals surface area contributed by atoms with Gasteiger partial charge in [-0.2, -0.15) is 11.8 Å². The van der Waals surface area contributed by atoms with Gasteiger partial charge in [0, 0.05) is 11.8 Å². The predicted molar refractivity (Wildman–Crippen MR) is 75.9 cm³/mol. The molecule has 0 saturated heterocycles. The number of aryl methyl sites for hydroxylation is 1. The van der Waals surface area contributed by atoms with Gasteiger partial charge in [-0.25, -0.2) is 9.78 Å². The van der Waals surface area contributed by atoms with Crippen LogP contribution >= 0.6 is 11.8 Å². The first-order valence-electron chi connectivity index (χ1n) is 6.05. The van der Waals surface area contributed by atoms with Gasteiger partial charge in [0.25, 0.3) is 5.91 Å². The number of aromatic carboxylic acids is 1. The third-order valence-corrected chi connectivity index (χ3v) is 3.64. The fraction of sp³-hybridized carbons (Fsp3) is 0.462. The maximum Gasteiger partial charge on any atom is 0.337 e. The van der Waals surface area contributed by atoms with Crippen LogP contribution in [0.4, 0.5) is 0 Å². The number of rotatable bonds is 6. The molecular weight excluding hydrogens is 264 g/mol. The van der Waals surface area contributed by atoms with Crippen molar-refractivity contribution in [3.8, 4) is 0 Å². The zero-order valence-electron chi connectivity index (χ0n) is 11.3. The second kappa shape index (κ2) is 7.13. The molecule has 0 fully saturated rings. The van der Waals surface area contributed by atoms with Crippen LogP contribution in [0.2, 0.25) is 0 Å². The van der Waals surface area contributed by atoms with Crippen LogP contribution in [0, 0.1) is 6.92 Å². The second-order valence-corrected chi connectivity index (χ2v) is 5.49. The maximum absolute atomic E-state index is 11.9. The molecule has 2 N–H and O–H groups in total. The molecule has 1 aromatic rings. The number of carbonyl (C=O) groups excluding carboxylic acids is 1. The van der Waals surface area contributed by atoms with Crippen molar-refractivity contribution in [3.05, 3.63) is 29.1 Å². The largest absolute Gasteiger partial charge is 0.478 e. The Kier molecular flexibility index (Phi) is 5.82. The highest BCUT2D eigenvalue weighted by molar-refractivity contribution is 7.99. The standard InChI is InChI=1S/C13H18N2O3S/c1-4-19-7-8(2)14-12(16)11-6-5-10(13(17)18)9(3)15-11/h5-6,8H,4,7H2,1-3H3,(H,14,16)(H,17,18). The minimum absolute atomic E-state index is 0.0544. The highest BCUT2D eigenvalue weighted by Crippen LogP contribution is 2.08. The van der Waals surface area contributed by atoms with E-state index in [-0.39, 0.29) is 23.2 Å². The minimum atomic E-state index is -1.04. The summed E-state index contributed by atoms with van der Waals surface area (Å²) >= 11 is 1.75. The molecule has 0 bridgehead atoms. The van der Waals surface area contributed by atoms with Crippen LogP contribution in [0.1, 0.15) is 40.4 Å². The minimum Gasteiger partial charge on any atom is -0.478 e. The molecule has 0 radical (unpaired) electrons. The first kappa shape index (κ1) is 15.5. The number of thioether (sulfide) groups is 1. The summed E-state index contributed by atoms with van der Waals surface area (Å²) in [5, 5.41) is 11.7. The quantitative estimate of drug-likeness (QED) is 0.833. The van der Waals surface area contributed by atoms with Crippen molar-refractivity contribution in [1.29, 1.82) is 0 Å². The Morgan fingerprint density at radius 1 is 1.47 bits per heavy atom. The number of hydrogen-bond acceptors (Lipinski definition) is 4. The van der Waals surface area contributed by atoms with E-state index in [1.54, 1.807) is 18.7 Å². The summed E-state index contributed by atoms with van der Waals surface area (Å²) < 4.78 is 0. The third-order valence-electron chi connectivity index (χ3n) is 2.50. The molecule has 0 aliphatic carbocycles. The van der Waals surface area contributed by atoms with Gasteiger partial charge in [-0.3, -0.25) is 4.79 Å². The Bertz CT molecular complexity index is 477. The second-order valence-electron chi connectivity index (χ2n) is 4.17. The van der Waals surface area contributed by atoms with Gasteiger partial charge < -0.3 is 10.4 Å². The fourth-order valence-electron chi connectivity index (χ4n) is 1.55. The van der Waals surface area contributed by atoms with Crippen molar-refractivity contribution >= 4 is 23.6 Å². The van der Waals surface area contributed by atoms with Crippen molar-refractivity contribution in [2.45, 2.75) is 26.8 Å². The maximum atomic E-state index is 11.9. The first-order valence-corrected chi connectivity index (χ1v) is 7.20. The lowest BCUT2D eigenvalue weighted by Gasteiger charge is -2.13. The molecule has 1 heterocycles. The monoisotopic (exact) mass is 282 g/mol. The summed E-state index contributed by atoms with van der Waals surface area (Å²) in [6.07, 6.45) is 0. The molecule has 0 saturated carbocycles. The van der Waals surface area contributed by atoms with Crippen LogP contribution in [-0.2, 0) is 0 Å². The highest BCUT2D eigenvalue weighted by Gasteiger charge is 2.14. The number of carboxylic acid groups (broad SMARTS) is 1. The van der Waals surface area contributed by atoms with Gasteiger partial charge in [0.15, 0.2) is 0 Å². The van der Waals surface area contributed by atoms with Gasteiger partial charge in [0.05, 0.1) is 11.3 Å². The van der Waals surface area contributed by atoms with Crippen molar-refractivity contribution in [2.75, 3.05) is 11.5 Å². The van der Waals surface area contributed by atoms with Crippen LogP contribution in [0.25, 0.3) is 0 Å². The van der Waals surface area contributed by atoms with Crippen LogP contribution in [0.15, 0.2) is 12.1 Å². The van der Waals surface area contributed by atoms with E-state index in [4.69, 9.17) is 5.11 Å².